The number of nitrogens with zero attached hydrogens (tertiary/aromatic N) is 2. The summed E-state index contributed by atoms with van der Waals surface area (Å²) in [7, 11) is -3.51. The van der Waals surface area contributed by atoms with E-state index in [0.717, 1.165) is 24.8 Å². The predicted octanol–water partition coefficient (Wildman–Crippen LogP) is 3.09. The van der Waals surface area contributed by atoms with Crippen LogP contribution in [-0.4, -0.2) is 31.8 Å². The number of carbonyl (C=O) groups excluding carboxylic acids is 1. The highest BCUT2D eigenvalue weighted by molar-refractivity contribution is 7.89. The second-order valence-corrected chi connectivity index (χ2v) is 8.31. The first-order valence-corrected chi connectivity index (χ1v) is 10.2. The molecule has 7 heteroatoms. The van der Waals surface area contributed by atoms with Gasteiger partial charge in [0.2, 0.25) is 10.0 Å². The van der Waals surface area contributed by atoms with Crippen LogP contribution in [0.25, 0.3) is 0 Å². The van der Waals surface area contributed by atoms with Crippen LogP contribution in [-0.2, 0) is 21.4 Å². The van der Waals surface area contributed by atoms with Crippen molar-refractivity contribution in [2.75, 3.05) is 13.1 Å². The minimum atomic E-state index is -3.51. The van der Waals surface area contributed by atoms with Gasteiger partial charge < -0.3 is 4.74 Å². The van der Waals surface area contributed by atoms with Gasteiger partial charge in [0.05, 0.1) is 22.1 Å². The highest BCUT2D eigenvalue weighted by Gasteiger charge is 2.26. The molecular formula is C20H20N2O4S. The highest BCUT2D eigenvalue weighted by atomic mass is 32.2. The molecule has 0 unspecified atom stereocenters. The van der Waals surface area contributed by atoms with E-state index in [1.165, 1.54) is 28.6 Å². The Balaban J connectivity index is 1.63. The lowest BCUT2D eigenvalue weighted by molar-refractivity contribution is 0.0472. The molecule has 3 rings (SSSR count). The molecule has 0 radical (unpaired) electrons. The molecule has 2 aromatic carbocycles. The van der Waals surface area contributed by atoms with Gasteiger partial charge in [-0.15, -0.1) is 0 Å². The molecule has 0 aromatic heterocycles. The maximum Gasteiger partial charge on any atom is 0.338 e. The number of benzene rings is 2. The zero-order chi connectivity index (χ0) is 19.3. The number of hydrogen-bond donors (Lipinski definition) is 0. The van der Waals surface area contributed by atoms with Crippen LogP contribution in [0.5, 0.6) is 0 Å². The monoisotopic (exact) mass is 384 g/mol. The Kier molecular flexibility index (Phi) is 5.89. The van der Waals surface area contributed by atoms with Crippen molar-refractivity contribution >= 4 is 16.0 Å². The van der Waals surface area contributed by atoms with Crippen LogP contribution >= 0.6 is 0 Å². The Labute approximate surface area is 159 Å². The molecule has 1 aliphatic heterocycles. The van der Waals surface area contributed by atoms with E-state index < -0.39 is 16.0 Å². The normalized spacial score (nSPS) is 15.1. The summed E-state index contributed by atoms with van der Waals surface area (Å²) in [5.41, 5.74) is 1.60. The van der Waals surface area contributed by atoms with Crippen LogP contribution in [0.15, 0.2) is 53.4 Å². The third kappa shape index (κ3) is 4.54. The maximum absolute atomic E-state index is 12.6. The predicted molar refractivity (Wildman–Crippen MR) is 99.3 cm³/mol. The van der Waals surface area contributed by atoms with Crippen molar-refractivity contribution in [3.05, 3.63) is 65.2 Å². The van der Waals surface area contributed by atoms with Crippen LogP contribution in [0.3, 0.4) is 0 Å². The summed E-state index contributed by atoms with van der Waals surface area (Å²) < 4.78 is 32.0. The fourth-order valence-electron chi connectivity index (χ4n) is 2.93. The van der Waals surface area contributed by atoms with Gasteiger partial charge in [0.25, 0.3) is 0 Å². The number of piperidine rings is 1. The molecule has 0 atom stereocenters. The van der Waals surface area contributed by atoms with Gasteiger partial charge in [0.1, 0.15) is 6.61 Å². The highest BCUT2D eigenvalue weighted by Crippen LogP contribution is 2.21. The molecule has 140 valence electrons. The van der Waals surface area contributed by atoms with Gasteiger partial charge >= 0.3 is 5.97 Å². The topological polar surface area (TPSA) is 87.5 Å². The summed E-state index contributed by atoms with van der Waals surface area (Å²) in [6, 6.07) is 14.6. The number of hydrogen-bond acceptors (Lipinski definition) is 5. The SMILES string of the molecule is N#Cc1ccc(COC(=O)c2ccc(S(=O)(=O)N3CCCCC3)cc2)cc1. The molecule has 2 aromatic rings. The first kappa shape index (κ1) is 19.1. The van der Waals surface area contributed by atoms with Gasteiger partial charge in [-0.25, -0.2) is 13.2 Å². The summed E-state index contributed by atoms with van der Waals surface area (Å²) in [5, 5.41) is 8.78. The molecule has 1 heterocycles. The Morgan fingerprint density at radius 3 is 2.22 bits per heavy atom. The van der Waals surface area contributed by atoms with E-state index >= 15 is 0 Å². The van der Waals surface area contributed by atoms with Crippen molar-refractivity contribution in [2.24, 2.45) is 0 Å². The second kappa shape index (κ2) is 8.33. The second-order valence-electron chi connectivity index (χ2n) is 6.37. The standard InChI is InChI=1S/C20H20N2O4S/c21-14-16-4-6-17(7-5-16)15-26-20(23)18-8-10-19(11-9-18)27(24,25)22-12-2-1-3-13-22/h4-11H,1-3,12-13,15H2. The van der Waals surface area contributed by atoms with E-state index in [4.69, 9.17) is 10.00 Å². The fourth-order valence-corrected chi connectivity index (χ4v) is 4.44. The number of sulfonamides is 1. The van der Waals surface area contributed by atoms with Gasteiger partial charge in [0.15, 0.2) is 0 Å². The van der Waals surface area contributed by atoms with E-state index in [1.54, 1.807) is 24.3 Å². The lowest BCUT2D eigenvalue weighted by Crippen LogP contribution is -2.35. The van der Waals surface area contributed by atoms with Gasteiger partial charge in [-0.05, 0) is 54.8 Å². The number of nitriles is 1. The van der Waals surface area contributed by atoms with Crippen LogP contribution in [0.1, 0.15) is 40.7 Å². The summed E-state index contributed by atoms with van der Waals surface area (Å²) in [4.78, 5) is 12.4. The Bertz CT molecular complexity index is 939. The molecule has 0 amide bonds. The van der Waals surface area contributed by atoms with Crippen molar-refractivity contribution < 1.29 is 17.9 Å². The summed E-state index contributed by atoms with van der Waals surface area (Å²) in [6.45, 7) is 1.16. The summed E-state index contributed by atoms with van der Waals surface area (Å²) in [5.74, 6) is -0.527. The van der Waals surface area contributed by atoms with Crippen molar-refractivity contribution in [1.29, 1.82) is 5.26 Å². The first-order valence-electron chi connectivity index (χ1n) is 8.77. The van der Waals surface area contributed by atoms with E-state index in [1.807, 2.05) is 6.07 Å². The van der Waals surface area contributed by atoms with Crippen molar-refractivity contribution in [2.45, 2.75) is 30.8 Å². The molecule has 27 heavy (non-hydrogen) atoms. The molecular weight excluding hydrogens is 364 g/mol. The van der Waals surface area contributed by atoms with Gasteiger partial charge in [0, 0.05) is 13.1 Å². The maximum atomic E-state index is 12.6. The van der Waals surface area contributed by atoms with Crippen molar-refractivity contribution in [3.63, 3.8) is 0 Å². The Morgan fingerprint density at radius 1 is 1.00 bits per heavy atom. The van der Waals surface area contributed by atoms with E-state index in [-0.39, 0.29) is 11.5 Å². The Morgan fingerprint density at radius 2 is 1.63 bits per heavy atom. The minimum Gasteiger partial charge on any atom is -0.457 e. The van der Waals surface area contributed by atoms with Crippen molar-refractivity contribution in [1.82, 2.24) is 4.31 Å². The number of esters is 1. The quantitative estimate of drug-likeness (QED) is 0.739. The van der Waals surface area contributed by atoms with Gasteiger partial charge in [-0.3, -0.25) is 0 Å². The average Bonchev–Trinajstić information content (AvgIpc) is 2.73. The lowest BCUT2D eigenvalue weighted by Gasteiger charge is -2.25. The van der Waals surface area contributed by atoms with E-state index in [9.17, 15) is 13.2 Å². The van der Waals surface area contributed by atoms with E-state index in [0.29, 0.717) is 24.2 Å². The molecule has 1 fully saturated rings. The number of ether oxygens (including phenoxy) is 1. The number of rotatable bonds is 5. The smallest absolute Gasteiger partial charge is 0.338 e. The fraction of sp³-hybridized carbons (Fsp3) is 0.300. The molecule has 0 aliphatic carbocycles. The lowest BCUT2D eigenvalue weighted by atomic mass is 10.1. The average molecular weight is 384 g/mol. The van der Waals surface area contributed by atoms with Crippen molar-refractivity contribution in [3.8, 4) is 6.07 Å². The largest absolute Gasteiger partial charge is 0.457 e. The van der Waals surface area contributed by atoms with Crippen LogP contribution < -0.4 is 0 Å². The molecule has 1 saturated heterocycles. The third-order valence-corrected chi connectivity index (χ3v) is 6.41. The first-order chi connectivity index (χ1) is 13.0. The van der Waals surface area contributed by atoms with Crippen LogP contribution in [0, 0.1) is 11.3 Å². The van der Waals surface area contributed by atoms with E-state index in [2.05, 4.69) is 0 Å². The van der Waals surface area contributed by atoms with Gasteiger partial charge in [-0.1, -0.05) is 18.6 Å². The zero-order valence-corrected chi connectivity index (χ0v) is 15.6. The molecule has 1 aliphatic rings. The molecule has 0 spiro atoms. The molecule has 0 bridgehead atoms. The van der Waals surface area contributed by atoms with Gasteiger partial charge in [-0.2, -0.15) is 9.57 Å². The molecule has 0 saturated carbocycles. The van der Waals surface area contributed by atoms with Crippen LogP contribution in [0.2, 0.25) is 0 Å². The number of carbonyl (C=O) groups is 1. The Hall–Kier alpha value is -2.69. The zero-order valence-electron chi connectivity index (χ0n) is 14.8. The molecule has 6 nitrogen and oxygen atoms in total. The summed E-state index contributed by atoms with van der Waals surface area (Å²) in [6.07, 6.45) is 2.80. The third-order valence-electron chi connectivity index (χ3n) is 4.50. The molecule has 0 N–H and O–H groups in total. The summed E-state index contributed by atoms with van der Waals surface area (Å²) >= 11 is 0. The van der Waals surface area contributed by atoms with Crippen LogP contribution in [0.4, 0.5) is 0 Å². The minimum absolute atomic E-state index is 0.0817.